The number of unbranched alkanes of at least 4 members (excludes halogenated alkanes) is 42. The van der Waals surface area contributed by atoms with E-state index in [0.717, 1.165) is 70.6 Å². The zero-order chi connectivity index (χ0) is 50.0. The molecular formula is C63H118O6. The first-order chi connectivity index (χ1) is 34.0. The van der Waals surface area contributed by atoms with Crippen molar-refractivity contribution in [2.24, 2.45) is 0 Å². The number of carbonyl (C=O) groups is 3. The van der Waals surface area contributed by atoms with Gasteiger partial charge in [-0.05, 0) is 70.6 Å². The summed E-state index contributed by atoms with van der Waals surface area (Å²) in [5.41, 5.74) is 0. The molecule has 0 spiro atoms. The second-order valence-corrected chi connectivity index (χ2v) is 21.0. The lowest BCUT2D eigenvalue weighted by Gasteiger charge is -2.18. The van der Waals surface area contributed by atoms with E-state index in [2.05, 4.69) is 45.1 Å². The van der Waals surface area contributed by atoms with Gasteiger partial charge in [0.1, 0.15) is 13.2 Å². The number of ether oxygens (including phenoxy) is 3. The quantitative estimate of drug-likeness (QED) is 0.0261. The summed E-state index contributed by atoms with van der Waals surface area (Å²) in [6.07, 6.45) is 69.7. The highest BCUT2D eigenvalue weighted by Gasteiger charge is 2.19. The third-order valence-electron chi connectivity index (χ3n) is 13.9. The average molecular weight is 972 g/mol. The standard InChI is InChI=1S/C63H118O6/c1-4-7-10-13-15-17-19-21-22-23-24-25-26-27-28-29-30-31-32-33-34-35-36-37-38-39-40-42-43-45-47-50-53-56-62(65)68-59-60(58-67-61(64)55-52-49-12-9-6-3)69-63(66)57-54-51-48-46-44-41-20-18-16-14-11-8-5-2/h18,20,23-24,60H,4-17,19,21-22,25-59H2,1-3H3/b20-18-,24-23-. The number of hydrogen-bond acceptors (Lipinski definition) is 6. The first-order valence-electron chi connectivity index (χ1n) is 30.8. The van der Waals surface area contributed by atoms with Gasteiger partial charge in [0.2, 0.25) is 0 Å². The smallest absolute Gasteiger partial charge is 0.306 e. The highest BCUT2D eigenvalue weighted by Crippen LogP contribution is 2.17. The Morgan fingerprint density at radius 2 is 0.478 bits per heavy atom. The molecule has 6 heteroatoms. The molecule has 1 unspecified atom stereocenters. The van der Waals surface area contributed by atoms with Gasteiger partial charge < -0.3 is 14.2 Å². The fourth-order valence-electron chi connectivity index (χ4n) is 9.26. The lowest BCUT2D eigenvalue weighted by atomic mass is 10.0. The normalized spacial score (nSPS) is 12.1. The van der Waals surface area contributed by atoms with Crippen LogP contribution < -0.4 is 0 Å². The van der Waals surface area contributed by atoms with Crippen molar-refractivity contribution in [3.63, 3.8) is 0 Å². The number of esters is 3. The third kappa shape index (κ3) is 56.7. The highest BCUT2D eigenvalue weighted by atomic mass is 16.6. The molecule has 0 bridgehead atoms. The number of allylic oxidation sites excluding steroid dienone is 4. The largest absolute Gasteiger partial charge is 0.462 e. The molecule has 0 saturated heterocycles. The summed E-state index contributed by atoms with van der Waals surface area (Å²) in [7, 11) is 0. The van der Waals surface area contributed by atoms with Crippen molar-refractivity contribution in [1.82, 2.24) is 0 Å². The molecule has 0 amide bonds. The van der Waals surface area contributed by atoms with Gasteiger partial charge in [0.05, 0.1) is 0 Å². The van der Waals surface area contributed by atoms with Crippen molar-refractivity contribution in [1.29, 1.82) is 0 Å². The van der Waals surface area contributed by atoms with Crippen LogP contribution in [0.5, 0.6) is 0 Å². The van der Waals surface area contributed by atoms with Crippen LogP contribution in [0.25, 0.3) is 0 Å². The maximum atomic E-state index is 12.7. The number of carbonyl (C=O) groups excluding carboxylic acids is 3. The van der Waals surface area contributed by atoms with Gasteiger partial charge in [0, 0.05) is 19.3 Å². The van der Waals surface area contributed by atoms with Gasteiger partial charge in [-0.2, -0.15) is 0 Å². The van der Waals surface area contributed by atoms with E-state index in [0.29, 0.717) is 19.3 Å². The molecule has 0 rings (SSSR count). The summed E-state index contributed by atoms with van der Waals surface area (Å²) in [4.78, 5) is 37.7. The van der Waals surface area contributed by atoms with Gasteiger partial charge in [0.25, 0.3) is 0 Å². The second-order valence-electron chi connectivity index (χ2n) is 21.0. The summed E-state index contributed by atoms with van der Waals surface area (Å²) in [5.74, 6) is -0.877. The molecule has 0 fully saturated rings. The van der Waals surface area contributed by atoms with Crippen molar-refractivity contribution in [3.8, 4) is 0 Å². The molecule has 1 atom stereocenters. The summed E-state index contributed by atoms with van der Waals surface area (Å²) in [6.45, 7) is 6.57. The van der Waals surface area contributed by atoms with Gasteiger partial charge in [0.15, 0.2) is 6.10 Å². The van der Waals surface area contributed by atoms with E-state index in [1.165, 1.54) is 231 Å². The van der Waals surface area contributed by atoms with E-state index in [1.54, 1.807) is 0 Å². The Morgan fingerprint density at radius 3 is 0.739 bits per heavy atom. The molecule has 0 aliphatic carbocycles. The maximum absolute atomic E-state index is 12.7. The summed E-state index contributed by atoms with van der Waals surface area (Å²) in [5, 5.41) is 0. The van der Waals surface area contributed by atoms with E-state index < -0.39 is 6.10 Å². The van der Waals surface area contributed by atoms with E-state index in [1.807, 2.05) is 0 Å². The zero-order valence-electron chi connectivity index (χ0n) is 46.6. The van der Waals surface area contributed by atoms with E-state index >= 15 is 0 Å². The van der Waals surface area contributed by atoms with Crippen LogP contribution in [0.1, 0.15) is 342 Å². The zero-order valence-corrected chi connectivity index (χ0v) is 46.6. The molecule has 0 aromatic heterocycles. The molecule has 6 nitrogen and oxygen atoms in total. The Labute approximate surface area is 430 Å². The predicted octanol–water partition coefficient (Wildman–Crippen LogP) is 20.7. The molecule has 0 aliphatic heterocycles. The van der Waals surface area contributed by atoms with Crippen LogP contribution in [0.4, 0.5) is 0 Å². The van der Waals surface area contributed by atoms with E-state index in [9.17, 15) is 14.4 Å². The van der Waals surface area contributed by atoms with Crippen molar-refractivity contribution in [3.05, 3.63) is 24.3 Å². The van der Waals surface area contributed by atoms with E-state index in [-0.39, 0.29) is 31.1 Å². The van der Waals surface area contributed by atoms with E-state index in [4.69, 9.17) is 14.2 Å². The Balaban J connectivity index is 3.85. The van der Waals surface area contributed by atoms with Crippen LogP contribution in [0, 0.1) is 0 Å². The number of hydrogen-bond donors (Lipinski definition) is 0. The Kier molecular flexibility index (Phi) is 56.7. The van der Waals surface area contributed by atoms with Crippen LogP contribution in [0.15, 0.2) is 24.3 Å². The van der Waals surface area contributed by atoms with Gasteiger partial charge in [-0.1, -0.05) is 276 Å². The topological polar surface area (TPSA) is 78.9 Å². The Bertz CT molecular complexity index is 1110. The minimum atomic E-state index is -0.768. The fourth-order valence-corrected chi connectivity index (χ4v) is 9.26. The second kappa shape index (κ2) is 58.5. The summed E-state index contributed by atoms with van der Waals surface area (Å²) >= 11 is 0. The first kappa shape index (κ1) is 66.9. The minimum absolute atomic E-state index is 0.0706. The highest BCUT2D eigenvalue weighted by molar-refractivity contribution is 5.71. The summed E-state index contributed by atoms with van der Waals surface area (Å²) < 4.78 is 16.7. The van der Waals surface area contributed by atoms with Gasteiger partial charge in [-0.3, -0.25) is 14.4 Å². The first-order valence-corrected chi connectivity index (χ1v) is 30.8. The van der Waals surface area contributed by atoms with Crippen LogP contribution >= 0.6 is 0 Å². The molecule has 406 valence electrons. The van der Waals surface area contributed by atoms with Crippen molar-refractivity contribution >= 4 is 17.9 Å². The monoisotopic (exact) mass is 971 g/mol. The maximum Gasteiger partial charge on any atom is 0.306 e. The molecular weight excluding hydrogens is 853 g/mol. The average Bonchev–Trinajstić information content (AvgIpc) is 3.35. The van der Waals surface area contributed by atoms with Crippen LogP contribution in [0.2, 0.25) is 0 Å². The molecule has 69 heavy (non-hydrogen) atoms. The van der Waals surface area contributed by atoms with Crippen LogP contribution in [-0.4, -0.2) is 37.2 Å². The minimum Gasteiger partial charge on any atom is -0.462 e. The predicted molar refractivity (Wildman–Crippen MR) is 298 cm³/mol. The molecule has 0 aromatic carbocycles. The Morgan fingerprint density at radius 1 is 0.275 bits per heavy atom. The van der Waals surface area contributed by atoms with Crippen molar-refractivity contribution in [2.75, 3.05) is 13.2 Å². The fraction of sp³-hybridized carbons (Fsp3) is 0.889. The molecule has 0 N–H and O–H groups in total. The molecule has 0 saturated carbocycles. The van der Waals surface area contributed by atoms with Crippen LogP contribution in [0.3, 0.4) is 0 Å². The number of rotatable bonds is 57. The van der Waals surface area contributed by atoms with Crippen LogP contribution in [-0.2, 0) is 28.6 Å². The SMILES string of the molecule is CCCCCC/C=C\CCCCCCCC(=O)OC(COC(=O)CCCCCCC)COC(=O)CCCCCCCCCCCCCCCCCCCCCCC/C=C\CCCCCCCCCC. The molecule has 0 aliphatic rings. The van der Waals surface area contributed by atoms with Gasteiger partial charge in [-0.25, -0.2) is 0 Å². The third-order valence-corrected chi connectivity index (χ3v) is 13.9. The Hall–Kier alpha value is -2.11. The lowest BCUT2D eigenvalue weighted by molar-refractivity contribution is -0.167. The molecule has 0 aromatic rings. The van der Waals surface area contributed by atoms with Gasteiger partial charge in [-0.15, -0.1) is 0 Å². The van der Waals surface area contributed by atoms with Crippen molar-refractivity contribution in [2.45, 2.75) is 348 Å². The lowest BCUT2D eigenvalue weighted by Crippen LogP contribution is -2.30. The molecule has 0 heterocycles. The summed E-state index contributed by atoms with van der Waals surface area (Å²) in [6, 6.07) is 0. The van der Waals surface area contributed by atoms with Gasteiger partial charge >= 0.3 is 17.9 Å². The molecule has 0 radical (unpaired) electrons. The van der Waals surface area contributed by atoms with Crippen molar-refractivity contribution < 1.29 is 28.6 Å².